The summed E-state index contributed by atoms with van der Waals surface area (Å²) < 4.78 is 16.9. The lowest BCUT2D eigenvalue weighted by atomic mass is 9.99. The molecular weight excluding hydrogens is 510 g/mol. The summed E-state index contributed by atoms with van der Waals surface area (Å²) in [7, 11) is 0. The van der Waals surface area contributed by atoms with Crippen LogP contribution in [0, 0.1) is 17.9 Å². The normalized spacial score (nSPS) is 10.4. The predicted molar refractivity (Wildman–Crippen MR) is 140 cm³/mol. The second-order valence-corrected chi connectivity index (χ2v) is 8.21. The van der Waals surface area contributed by atoms with Crippen LogP contribution in [0.5, 0.6) is 11.6 Å². The van der Waals surface area contributed by atoms with Gasteiger partial charge in [0.1, 0.15) is 48.4 Å². The molecule has 2 heterocycles. The molecule has 0 amide bonds. The van der Waals surface area contributed by atoms with Crippen molar-refractivity contribution in [2.75, 3.05) is 31.7 Å². The molecule has 0 saturated carbocycles. The number of benzene rings is 2. The third-order valence-electron chi connectivity index (χ3n) is 5.27. The highest BCUT2D eigenvalue weighted by atomic mass is 35.5. The van der Waals surface area contributed by atoms with Gasteiger partial charge in [-0.05, 0) is 42.0 Å². The molecule has 10 nitrogen and oxygen atoms in total. The van der Waals surface area contributed by atoms with Crippen molar-refractivity contribution < 1.29 is 24.1 Å². The maximum absolute atomic E-state index is 10.1. The minimum Gasteiger partial charge on any atom is -0.491 e. The van der Waals surface area contributed by atoms with Gasteiger partial charge in [-0.1, -0.05) is 23.7 Å². The fourth-order valence-corrected chi connectivity index (χ4v) is 3.70. The molecule has 0 spiro atoms. The van der Waals surface area contributed by atoms with E-state index in [0.29, 0.717) is 33.5 Å². The first-order valence-electron chi connectivity index (χ1n) is 11.5. The van der Waals surface area contributed by atoms with Crippen LogP contribution in [-0.2, 0) is 6.61 Å². The summed E-state index contributed by atoms with van der Waals surface area (Å²) in [5, 5.41) is 31.9. The minimum atomic E-state index is -0.187. The van der Waals surface area contributed by atoms with E-state index in [0.717, 1.165) is 5.56 Å². The lowest BCUT2D eigenvalue weighted by Gasteiger charge is -2.16. The largest absolute Gasteiger partial charge is 0.491 e. The Morgan fingerprint density at radius 2 is 1.76 bits per heavy atom. The number of oxazole rings is 1. The molecule has 0 saturated heterocycles. The van der Waals surface area contributed by atoms with E-state index in [1.54, 1.807) is 48.5 Å². The number of halogens is 1. The average molecular weight is 532 g/mol. The zero-order chi connectivity index (χ0) is 26.9. The Kier molecular flexibility index (Phi) is 8.75. The van der Waals surface area contributed by atoms with E-state index < -0.39 is 0 Å². The van der Waals surface area contributed by atoms with Gasteiger partial charge < -0.3 is 29.4 Å². The molecule has 38 heavy (non-hydrogen) atoms. The van der Waals surface area contributed by atoms with E-state index in [2.05, 4.69) is 26.2 Å². The van der Waals surface area contributed by atoms with Gasteiger partial charge in [0.05, 0.1) is 19.8 Å². The van der Waals surface area contributed by atoms with Crippen LogP contribution in [0.25, 0.3) is 27.4 Å². The molecule has 0 fully saturated rings. The van der Waals surface area contributed by atoms with E-state index >= 15 is 0 Å². The molecule has 2 aromatic carbocycles. The van der Waals surface area contributed by atoms with Crippen molar-refractivity contribution in [3.63, 3.8) is 0 Å². The Hall–Kier alpha value is -4.61. The van der Waals surface area contributed by atoms with Crippen molar-refractivity contribution in [1.29, 1.82) is 5.26 Å². The van der Waals surface area contributed by atoms with Gasteiger partial charge in [0.15, 0.2) is 0 Å². The number of hydrogen-bond acceptors (Lipinski definition) is 9. The summed E-state index contributed by atoms with van der Waals surface area (Å²) in [5.41, 5.74) is 2.26. The first kappa shape index (κ1) is 26.5. The number of aliphatic hydroxyl groups is 2. The smallest absolute Gasteiger partial charge is 0.237 e. The van der Waals surface area contributed by atoms with Gasteiger partial charge >= 0.3 is 0 Å². The molecule has 0 atom stereocenters. The fourth-order valence-electron chi connectivity index (χ4n) is 3.57. The summed E-state index contributed by atoms with van der Waals surface area (Å²) in [6.45, 7) is 7.68. The van der Waals surface area contributed by atoms with Crippen molar-refractivity contribution in [3.05, 3.63) is 82.5 Å². The number of nitrogens with zero attached hydrogens (tertiary/aromatic N) is 4. The molecule has 192 valence electrons. The summed E-state index contributed by atoms with van der Waals surface area (Å²) in [6.07, 6.45) is 1.44. The maximum Gasteiger partial charge on any atom is 0.237 e. The summed E-state index contributed by atoms with van der Waals surface area (Å²) >= 11 is 5.94. The van der Waals surface area contributed by atoms with Gasteiger partial charge in [0.2, 0.25) is 17.5 Å². The van der Waals surface area contributed by atoms with Gasteiger partial charge in [-0.3, -0.25) is 0 Å². The van der Waals surface area contributed by atoms with Crippen LogP contribution in [0.4, 0.5) is 11.5 Å². The van der Waals surface area contributed by atoms with E-state index in [1.807, 2.05) is 0 Å². The molecule has 2 aromatic heterocycles. The topological polar surface area (TPSA) is 138 Å². The summed E-state index contributed by atoms with van der Waals surface area (Å²) in [4.78, 5) is 12.4. The third-order valence-corrected chi connectivity index (χ3v) is 5.52. The van der Waals surface area contributed by atoms with Crippen LogP contribution in [0.2, 0.25) is 5.02 Å². The van der Waals surface area contributed by atoms with Crippen LogP contribution >= 0.6 is 11.6 Å². The standard InChI is InChI=1S/C27H22ClN5O5/c1-30-24-23(17-4-8-21(9-5-17)36-13-12-35)22(14-29)27(33-25(24)31-10-11-34)38-16-20-15-37-26(32-20)18-2-6-19(28)7-3-18/h2-9,15,34-35H,10-13,16H2,(H,31,33). The Morgan fingerprint density at radius 1 is 1.03 bits per heavy atom. The lowest BCUT2D eigenvalue weighted by molar-refractivity contribution is 0.201. The van der Waals surface area contributed by atoms with E-state index in [1.165, 1.54) is 6.26 Å². The van der Waals surface area contributed by atoms with Gasteiger partial charge in [-0.15, -0.1) is 0 Å². The molecule has 0 aliphatic rings. The molecule has 0 bridgehead atoms. The molecule has 0 radical (unpaired) electrons. The highest BCUT2D eigenvalue weighted by Crippen LogP contribution is 2.42. The summed E-state index contributed by atoms with van der Waals surface area (Å²) in [5.74, 6) is 1.07. The van der Waals surface area contributed by atoms with Crippen molar-refractivity contribution >= 4 is 23.1 Å². The Bertz CT molecular complexity index is 1470. The molecule has 0 aliphatic carbocycles. The van der Waals surface area contributed by atoms with E-state index in [-0.39, 0.29) is 55.9 Å². The van der Waals surface area contributed by atoms with Crippen LogP contribution in [0.15, 0.2) is 59.2 Å². The first-order valence-corrected chi connectivity index (χ1v) is 11.8. The number of nitrogens with one attached hydrogen (secondary N) is 1. The van der Waals surface area contributed by atoms with Crippen molar-refractivity contribution in [1.82, 2.24) is 9.97 Å². The van der Waals surface area contributed by atoms with Gasteiger partial charge in [0, 0.05) is 22.7 Å². The second-order valence-electron chi connectivity index (χ2n) is 7.77. The molecule has 0 aliphatic heterocycles. The van der Waals surface area contributed by atoms with Crippen molar-refractivity contribution in [2.24, 2.45) is 0 Å². The minimum absolute atomic E-state index is 0.00742. The molecule has 4 rings (SSSR count). The zero-order valence-corrected chi connectivity index (χ0v) is 20.8. The highest BCUT2D eigenvalue weighted by molar-refractivity contribution is 6.30. The first-order chi connectivity index (χ1) is 18.6. The molecule has 0 unspecified atom stereocenters. The Morgan fingerprint density at radius 3 is 2.42 bits per heavy atom. The van der Waals surface area contributed by atoms with Gasteiger partial charge in [0.25, 0.3) is 0 Å². The van der Waals surface area contributed by atoms with E-state index in [4.69, 9.17) is 37.2 Å². The molecule has 3 N–H and O–H groups in total. The molecule has 4 aromatic rings. The number of aliphatic hydroxyl groups excluding tert-OH is 2. The number of anilines is 1. The average Bonchev–Trinajstić information content (AvgIpc) is 3.43. The molecule has 11 heteroatoms. The van der Waals surface area contributed by atoms with Crippen molar-refractivity contribution in [2.45, 2.75) is 6.61 Å². The maximum atomic E-state index is 10.1. The van der Waals surface area contributed by atoms with Gasteiger partial charge in [-0.25, -0.2) is 14.8 Å². The van der Waals surface area contributed by atoms with Crippen molar-refractivity contribution in [3.8, 4) is 40.3 Å². The number of hydrogen-bond donors (Lipinski definition) is 3. The van der Waals surface area contributed by atoms with Crippen LogP contribution in [0.1, 0.15) is 11.3 Å². The van der Waals surface area contributed by atoms with E-state index in [9.17, 15) is 10.4 Å². The number of nitriles is 1. The second kappa shape index (κ2) is 12.6. The lowest BCUT2D eigenvalue weighted by Crippen LogP contribution is -2.10. The number of ether oxygens (including phenoxy) is 2. The number of rotatable bonds is 11. The van der Waals surface area contributed by atoms with Crippen LogP contribution in [-0.4, -0.2) is 46.5 Å². The summed E-state index contributed by atoms with van der Waals surface area (Å²) in [6, 6.07) is 15.9. The van der Waals surface area contributed by atoms with Crippen LogP contribution < -0.4 is 14.8 Å². The quantitative estimate of drug-likeness (QED) is 0.232. The molecular formula is C27H22ClN5O5. The third kappa shape index (κ3) is 6.02. The zero-order valence-electron chi connectivity index (χ0n) is 20.0. The predicted octanol–water partition coefficient (Wildman–Crippen LogP) is 4.83. The van der Waals surface area contributed by atoms with Crippen LogP contribution in [0.3, 0.4) is 0 Å². The highest BCUT2D eigenvalue weighted by Gasteiger charge is 2.23. The Balaban J connectivity index is 1.69. The van der Waals surface area contributed by atoms with Gasteiger partial charge in [-0.2, -0.15) is 5.26 Å². The number of aromatic nitrogens is 2. The Labute approximate surface area is 223 Å². The SMILES string of the molecule is [C-]#[N+]c1c(NCCO)nc(OCc2coc(-c3ccc(Cl)cc3)n2)c(C#N)c1-c1ccc(OCCO)cc1. The number of pyridine rings is 1. The fraction of sp³-hybridized carbons (Fsp3) is 0.185. The monoisotopic (exact) mass is 531 g/mol.